The van der Waals surface area contributed by atoms with Gasteiger partial charge in [0.25, 0.3) is 0 Å². The fourth-order valence-electron chi connectivity index (χ4n) is 0.761. The molecule has 0 atom stereocenters. The summed E-state index contributed by atoms with van der Waals surface area (Å²) >= 11 is 0. The Bertz CT molecular complexity index is 254. The molecule has 0 aromatic rings. The molecule has 0 rings (SSSR count). The summed E-state index contributed by atoms with van der Waals surface area (Å²) < 4.78 is 0. The first kappa shape index (κ1) is 11.5. The molecule has 0 aliphatic rings. The van der Waals surface area contributed by atoms with Crippen LogP contribution in [0, 0.1) is 0 Å². The molecule has 1 nitrogen and oxygen atoms in total. The molecule has 0 aliphatic heterocycles. The van der Waals surface area contributed by atoms with E-state index < -0.39 is 0 Å². The minimum absolute atomic E-state index is 0.859. The lowest BCUT2D eigenvalue weighted by atomic mass is 10.3. The number of hydrogen-bond donors (Lipinski definition) is 1. The molecule has 1 heteroatoms. The van der Waals surface area contributed by atoms with Crippen molar-refractivity contribution in [2.24, 2.45) is 0 Å². The fourth-order valence-corrected chi connectivity index (χ4v) is 0.761. The normalized spacial score (nSPS) is 12.3. The first-order valence-electron chi connectivity index (χ1n) is 4.25. The summed E-state index contributed by atoms with van der Waals surface area (Å²) in [6, 6.07) is 0. The van der Waals surface area contributed by atoms with Gasteiger partial charge in [-0.25, -0.2) is 0 Å². The maximum atomic E-state index is 3.83. The van der Waals surface area contributed by atoms with Gasteiger partial charge in [0.05, 0.1) is 0 Å². The highest BCUT2D eigenvalue weighted by Crippen LogP contribution is 1.95. The molecule has 0 saturated carbocycles. The summed E-state index contributed by atoms with van der Waals surface area (Å²) in [6.45, 7) is 11.4. The van der Waals surface area contributed by atoms with Crippen LogP contribution >= 0.6 is 0 Å². The van der Waals surface area contributed by atoms with E-state index in [0.717, 1.165) is 11.4 Å². The van der Waals surface area contributed by atoms with Crippen LogP contribution < -0.4 is 5.32 Å². The van der Waals surface area contributed by atoms with Gasteiger partial charge in [-0.1, -0.05) is 37.5 Å². The molecule has 0 aromatic carbocycles. The van der Waals surface area contributed by atoms with Gasteiger partial charge in [0.1, 0.15) is 0 Å². The van der Waals surface area contributed by atoms with Crippen molar-refractivity contribution in [1.82, 2.24) is 5.32 Å². The Labute approximate surface area is 80.9 Å². The summed E-state index contributed by atoms with van der Waals surface area (Å²) in [5.41, 5.74) is 1.93. The molecule has 0 aromatic heterocycles. The summed E-state index contributed by atoms with van der Waals surface area (Å²) in [5, 5.41) is 3.13. The highest BCUT2D eigenvalue weighted by molar-refractivity contribution is 5.22. The second kappa shape index (κ2) is 7.17. The van der Waals surface area contributed by atoms with Crippen molar-refractivity contribution in [2.75, 3.05) is 0 Å². The predicted molar refractivity (Wildman–Crippen MR) is 60.2 cm³/mol. The van der Waals surface area contributed by atoms with Gasteiger partial charge in [0.15, 0.2) is 0 Å². The molecule has 0 heterocycles. The molecule has 0 bridgehead atoms. The third-order valence-corrected chi connectivity index (χ3v) is 1.33. The van der Waals surface area contributed by atoms with Gasteiger partial charge >= 0.3 is 0 Å². The lowest BCUT2D eigenvalue weighted by molar-refractivity contribution is 1.01. The zero-order valence-electron chi connectivity index (χ0n) is 8.38. The van der Waals surface area contributed by atoms with Crippen LogP contribution in [0.4, 0.5) is 0 Å². The fraction of sp³-hybridized carbons (Fsp3) is 0.167. The second-order valence-electron chi connectivity index (χ2n) is 2.62. The van der Waals surface area contributed by atoms with Gasteiger partial charge in [-0.15, -0.1) is 0 Å². The molecule has 0 radical (unpaired) electrons. The van der Waals surface area contributed by atoms with E-state index in [4.69, 9.17) is 0 Å². The number of nitrogens with one attached hydrogen (secondary N) is 1. The zero-order chi connectivity index (χ0) is 10.1. The van der Waals surface area contributed by atoms with Crippen LogP contribution in [0.25, 0.3) is 0 Å². The molecule has 13 heavy (non-hydrogen) atoms. The largest absolute Gasteiger partial charge is 0.360 e. The molecule has 70 valence electrons. The lowest BCUT2D eigenvalue weighted by Crippen LogP contribution is -2.06. The minimum Gasteiger partial charge on any atom is -0.360 e. The Morgan fingerprint density at radius 3 is 2.54 bits per heavy atom. The topological polar surface area (TPSA) is 12.0 Å². The van der Waals surface area contributed by atoms with Crippen molar-refractivity contribution in [2.45, 2.75) is 13.8 Å². The second-order valence-corrected chi connectivity index (χ2v) is 2.62. The van der Waals surface area contributed by atoms with Crippen LogP contribution in [-0.2, 0) is 0 Å². The van der Waals surface area contributed by atoms with E-state index >= 15 is 0 Å². The van der Waals surface area contributed by atoms with Crippen LogP contribution in [0.1, 0.15) is 13.8 Å². The van der Waals surface area contributed by atoms with Gasteiger partial charge in [-0.3, -0.25) is 0 Å². The first-order chi connectivity index (χ1) is 6.20. The highest BCUT2D eigenvalue weighted by Gasteiger charge is 1.86. The van der Waals surface area contributed by atoms with E-state index in [9.17, 15) is 0 Å². The van der Waals surface area contributed by atoms with Crippen LogP contribution in [0.2, 0.25) is 0 Å². The molecule has 0 unspecified atom stereocenters. The number of allylic oxidation sites excluding steroid dienone is 7. The summed E-state index contributed by atoms with van der Waals surface area (Å²) in [7, 11) is 0. The van der Waals surface area contributed by atoms with E-state index in [1.807, 2.05) is 44.2 Å². The lowest BCUT2D eigenvalue weighted by Gasteiger charge is -2.03. The van der Waals surface area contributed by atoms with E-state index in [1.165, 1.54) is 0 Å². The van der Waals surface area contributed by atoms with Gasteiger partial charge in [-0.2, -0.15) is 0 Å². The molecular formula is C12H17N. The molecule has 0 amide bonds. The highest BCUT2D eigenvalue weighted by atomic mass is 14.9. The Kier molecular flexibility index (Phi) is 6.34. The van der Waals surface area contributed by atoms with Crippen LogP contribution in [-0.4, -0.2) is 0 Å². The third-order valence-electron chi connectivity index (χ3n) is 1.33. The smallest absolute Gasteiger partial charge is 0.0308 e. The van der Waals surface area contributed by atoms with Crippen LogP contribution in [0.5, 0.6) is 0 Å². The first-order valence-corrected chi connectivity index (χ1v) is 4.25. The third kappa shape index (κ3) is 6.88. The summed E-state index contributed by atoms with van der Waals surface area (Å²) in [5.74, 6) is 0. The van der Waals surface area contributed by atoms with Crippen LogP contribution in [0.3, 0.4) is 0 Å². The zero-order valence-corrected chi connectivity index (χ0v) is 8.38. The van der Waals surface area contributed by atoms with Gasteiger partial charge in [0, 0.05) is 11.4 Å². The van der Waals surface area contributed by atoms with E-state index in [1.54, 1.807) is 6.08 Å². The van der Waals surface area contributed by atoms with Crippen molar-refractivity contribution >= 4 is 0 Å². The quantitative estimate of drug-likeness (QED) is 0.632. The van der Waals surface area contributed by atoms with E-state index in [0.29, 0.717) is 0 Å². The Morgan fingerprint density at radius 1 is 1.31 bits per heavy atom. The summed E-state index contributed by atoms with van der Waals surface area (Å²) in [4.78, 5) is 0. The van der Waals surface area contributed by atoms with Gasteiger partial charge in [-0.05, 0) is 26.0 Å². The van der Waals surface area contributed by atoms with Gasteiger partial charge < -0.3 is 5.32 Å². The maximum Gasteiger partial charge on any atom is 0.0308 e. The Morgan fingerprint density at radius 2 is 2.00 bits per heavy atom. The Hall–Kier alpha value is -1.50. The standard InChI is InChI=1S/C12H17N/c1-5-7-9-11(3)13-12(4)10-8-6-2/h5-10,13H,1,3H2,2,4H3/b8-6-,9-7-,12-10+. The van der Waals surface area contributed by atoms with Crippen molar-refractivity contribution < 1.29 is 0 Å². The maximum absolute atomic E-state index is 3.83. The molecule has 0 spiro atoms. The monoisotopic (exact) mass is 175 g/mol. The Balaban J connectivity index is 4.05. The average molecular weight is 175 g/mol. The van der Waals surface area contributed by atoms with Crippen molar-refractivity contribution in [3.8, 4) is 0 Å². The van der Waals surface area contributed by atoms with Crippen molar-refractivity contribution in [3.05, 3.63) is 61.0 Å². The SMILES string of the molecule is C=C/C=C\C(=C)N/C(C)=C/C=C\C. The predicted octanol–water partition coefficient (Wildman–Crippen LogP) is 3.31. The minimum atomic E-state index is 0.859. The number of rotatable bonds is 5. The van der Waals surface area contributed by atoms with E-state index in [-0.39, 0.29) is 0 Å². The summed E-state index contributed by atoms with van der Waals surface area (Å²) in [6.07, 6.45) is 11.4. The van der Waals surface area contributed by atoms with Crippen LogP contribution in [0.15, 0.2) is 61.0 Å². The van der Waals surface area contributed by atoms with Gasteiger partial charge in [0.2, 0.25) is 0 Å². The molecule has 0 aliphatic carbocycles. The molecular weight excluding hydrogens is 158 g/mol. The number of hydrogen-bond acceptors (Lipinski definition) is 1. The molecule has 0 saturated heterocycles. The molecule has 1 N–H and O–H groups in total. The van der Waals surface area contributed by atoms with Crippen molar-refractivity contribution in [1.29, 1.82) is 0 Å². The van der Waals surface area contributed by atoms with E-state index in [2.05, 4.69) is 18.5 Å². The average Bonchev–Trinajstić information content (AvgIpc) is 2.11. The van der Waals surface area contributed by atoms with Crippen molar-refractivity contribution in [3.63, 3.8) is 0 Å². The molecule has 0 fully saturated rings.